The Balaban J connectivity index is 2.55. The van der Waals surface area contributed by atoms with Crippen molar-refractivity contribution in [1.82, 2.24) is 5.32 Å². The molecule has 0 aliphatic carbocycles. The van der Waals surface area contributed by atoms with E-state index in [2.05, 4.69) is 21.2 Å². The lowest BCUT2D eigenvalue weighted by atomic mass is 10.1. The summed E-state index contributed by atoms with van der Waals surface area (Å²) in [4.78, 5) is 22.2. The van der Waals surface area contributed by atoms with Gasteiger partial charge in [-0.1, -0.05) is 11.6 Å². The van der Waals surface area contributed by atoms with E-state index >= 15 is 0 Å². The second-order valence-electron chi connectivity index (χ2n) is 3.88. The van der Waals surface area contributed by atoms with Crippen LogP contribution >= 0.6 is 15.9 Å². The summed E-state index contributed by atoms with van der Waals surface area (Å²) < 4.78 is 0.671. The van der Waals surface area contributed by atoms with Gasteiger partial charge in [0.25, 0.3) is 5.91 Å². The van der Waals surface area contributed by atoms with Crippen molar-refractivity contribution >= 4 is 27.8 Å². The maximum Gasteiger partial charge on any atom is 0.332 e. The van der Waals surface area contributed by atoms with Crippen LogP contribution in [0.4, 0.5) is 0 Å². The van der Waals surface area contributed by atoms with Gasteiger partial charge < -0.3 is 15.5 Å². The van der Waals surface area contributed by atoms with Gasteiger partial charge in [-0.25, -0.2) is 4.79 Å². The molecule has 1 rings (SSSR count). The predicted octanol–water partition coefficient (Wildman–Crippen LogP) is 1.32. The Morgan fingerprint density at radius 2 is 2.11 bits per heavy atom. The largest absolute Gasteiger partial charge is 0.479 e. The highest BCUT2D eigenvalue weighted by Gasteiger charge is 2.14. The molecule has 1 unspecified atom stereocenters. The number of carboxylic acid groups (broad SMARTS) is 1. The summed E-state index contributed by atoms with van der Waals surface area (Å²) in [6.07, 6.45) is -1.48. The zero-order valence-corrected chi connectivity index (χ0v) is 11.4. The van der Waals surface area contributed by atoms with Crippen molar-refractivity contribution in [2.24, 2.45) is 0 Å². The molecule has 18 heavy (non-hydrogen) atoms. The average Bonchev–Trinajstić information content (AvgIpc) is 2.31. The molecule has 3 N–H and O–H groups in total. The topological polar surface area (TPSA) is 86.6 Å². The molecule has 0 fully saturated rings. The van der Waals surface area contributed by atoms with Crippen molar-refractivity contribution < 1.29 is 19.8 Å². The van der Waals surface area contributed by atoms with Crippen molar-refractivity contribution in [3.05, 3.63) is 33.8 Å². The monoisotopic (exact) mass is 315 g/mol. The van der Waals surface area contributed by atoms with Gasteiger partial charge in [-0.2, -0.15) is 0 Å². The highest BCUT2D eigenvalue weighted by Crippen LogP contribution is 2.17. The summed E-state index contributed by atoms with van der Waals surface area (Å²) in [5.41, 5.74) is 1.44. The van der Waals surface area contributed by atoms with Gasteiger partial charge in [0.15, 0.2) is 6.10 Å². The summed E-state index contributed by atoms with van der Waals surface area (Å²) in [5.74, 6) is -1.59. The number of aliphatic carboxylic acids is 1. The Kier molecular flexibility index (Phi) is 5.30. The standard InChI is InChI=1S/C12H14BrNO4/c1-7-2-3-9(13)8(6-7)11(16)14-5-4-10(15)12(17)18/h2-3,6,10,15H,4-5H2,1H3,(H,14,16)(H,17,18). The maximum absolute atomic E-state index is 11.8. The van der Waals surface area contributed by atoms with Gasteiger partial charge in [-0.15, -0.1) is 0 Å². The minimum atomic E-state index is -1.45. The minimum absolute atomic E-state index is 0.0233. The second kappa shape index (κ2) is 6.51. The van der Waals surface area contributed by atoms with Crippen LogP contribution in [0.15, 0.2) is 22.7 Å². The molecule has 1 atom stereocenters. The van der Waals surface area contributed by atoms with Gasteiger partial charge in [0.05, 0.1) is 5.56 Å². The second-order valence-corrected chi connectivity index (χ2v) is 4.74. The van der Waals surface area contributed by atoms with E-state index in [0.717, 1.165) is 5.56 Å². The third kappa shape index (κ3) is 4.12. The quantitative estimate of drug-likeness (QED) is 0.765. The Bertz CT molecular complexity index is 461. The number of carbonyl (C=O) groups is 2. The molecule has 98 valence electrons. The number of hydrogen-bond acceptors (Lipinski definition) is 3. The average molecular weight is 316 g/mol. The summed E-state index contributed by atoms with van der Waals surface area (Å²) in [6, 6.07) is 5.37. The van der Waals surface area contributed by atoms with E-state index in [-0.39, 0.29) is 18.9 Å². The Labute approximate surface area is 113 Å². The molecule has 1 amide bonds. The maximum atomic E-state index is 11.8. The Morgan fingerprint density at radius 3 is 2.72 bits per heavy atom. The molecular formula is C12H14BrNO4. The number of aliphatic hydroxyl groups is 1. The number of halogens is 1. The number of amides is 1. The van der Waals surface area contributed by atoms with Gasteiger partial charge in [0.2, 0.25) is 0 Å². The molecule has 1 aromatic carbocycles. The summed E-state index contributed by atoms with van der Waals surface area (Å²) in [6.45, 7) is 1.98. The lowest BCUT2D eigenvalue weighted by Gasteiger charge is -2.09. The van der Waals surface area contributed by atoms with Crippen LogP contribution in [0.2, 0.25) is 0 Å². The zero-order valence-electron chi connectivity index (χ0n) is 9.81. The molecule has 0 saturated carbocycles. The fourth-order valence-electron chi connectivity index (χ4n) is 1.35. The third-order valence-corrected chi connectivity index (χ3v) is 3.05. The number of rotatable bonds is 5. The van der Waals surface area contributed by atoms with Crippen molar-refractivity contribution in [3.8, 4) is 0 Å². The lowest BCUT2D eigenvalue weighted by Crippen LogP contribution is -2.30. The number of aliphatic hydroxyl groups excluding tert-OH is 1. The van der Waals surface area contributed by atoms with Crippen molar-refractivity contribution in [2.75, 3.05) is 6.54 Å². The van der Waals surface area contributed by atoms with E-state index in [4.69, 9.17) is 10.2 Å². The van der Waals surface area contributed by atoms with Gasteiger partial charge in [-0.3, -0.25) is 4.79 Å². The Morgan fingerprint density at radius 1 is 1.44 bits per heavy atom. The van der Waals surface area contributed by atoms with Crippen molar-refractivity contribution in [3.63, 3.8) is 0 Å². The van der Waals surface area contributed by atoms with Gasteiger partial charge in [0.1, 0.15) is 0 Å². The molecule has 0 radical (unpaired) electrons. The molecular weight excluding hydrogens is 302 g/mol. The van der Waals surface area contributed by atoms with Crippen LogP contribution in [0.1, 0.15) is 22.3 Å². The van der Waals surface area contributed by atoms with Crippen LogP contribution < -0.4 is 5.32 Å². The highest BCUT2D eigenvalue weighted by molar-refractivity contribution is 9.10. The molecule has 0 spiro atoms. The Hall–Kier alpha value is -1.40. The molecule has 5 nitrogen and oxygen atoms in total. The first kappa shape index (κ1) is 14.7. The number of hydrogen-bond donors (Lipinski definition) is 3. The van der Waals surface area contributed by atoms with E-state index in [0.29, 0.717) is 10.0 Å². The molecule has 1 aromatic rings. The van der Waals surface area contributed by atoms with E-state index in [1.54, 1.807) is 12.1 Å². The van der Waals surface area contributed by atoms with Gasteiger partial charge in [-0.05, 0) is 35.0 Å². The molecule has 6 heteroatoms. The first-order valence-corrected chi connectivity index (χ1v) is 6.16. The molecule has 0 heterocycles. The summed E-state index contributed by atoms with van der Waals surface area (Å²) in [7, 11) is 0. The number of carboxylic acids is 1. The first-order valence-electron chi connectivity index (χ1n) is 5.37. The van der Waals surface area contributed by atoms with Crippen LogP contribution in [0.5, 0.6) is 0 Å². The number of aryl methyl sites for hydroxylation is 1. The normalized spacial score (nSPS) is 11.9. The lowest BCUT2D eigenvalue weighted by molar-refractivity contribution is -0.146. The van der Waals surface area contributed by atoms with Gasteiger partial charge >= 0.3 is 5.97 Å². The number of carbonyl (C=O) groups excluding carboxylic acids is 1. The number of nitrogens with one attached hydrogen (secondary N) is 1. The van der Waals surface area contributed by atoms with E-state index in [9.17, 15) is 9.59 Å². The fourth-order valence-corrected chi connectivity index (χ4v) is 1.78. The van der Waals surface area contributed by atoms with E-state index in [1.807, 2.05) is 13.0 Å². The molecule has 0 bridgehead atoms. The smallest absolute Gasteiger partial charge is 0.332 e. The number of benzene rings is 1. The summed E-state index contributed by atoms with van der Waals surface area (Å²) >= 11 is 3.27. The van der Waals surface area contributed by atoms with E-state index < -0.39 is 12.1 Å². The highest BCUT2D eigenvalue weighted by atomic mass is 79.9. The third-order valence-electron chi connectivity index (χ3n) is 2.35. The molecule has 0 saturated heterocycles. The van der Waals surface area contributed by atoms with Crippen LogP contribution in [-0.4, -0.2) is 34.7 Å². The zero-order chi connectivity index (χ0) is 13.7. The first-order chi connectivity index (χ1) is 8.41. The van der Waals surface area contributed by atoms with Crippen LogP contribution in [0.3, 0.4) is 0 Å². The van der Waals surface area contributed by atoms with Crippen LogP contribution in [0, 0.1) is 6.92 Å². The molecule has 0 aliphatic rings. The van der Waals surface area contributed by atoms with Gasteiger partial charge in [0, 0.05) is 17.4 Å². The fraction of sp³-hybridized carbons (Fsp3) is 0.333. The summed E-state index contributed by atoms with van der Waals surface area (Å²) in [5, 5.41) is 20.1. The molecule has 0 aromatic heterocycles. The van der Waals surface area contributed by atoms with Crippen LogP contribution in [0.25, 0.3) is 0 Å². The predicted molar refractivity (Wildman–Crippen MR) is 69.5 cm³/mol. The SMILES string of the molecule is Cc1ccc(Br)c(C(=O)NCCC(O)C(=O)O)c1. The minimum Gasteiger partial charge on any atom is -0.479 e. The van der Waals surface area contributed by atoms with Crippen molar-refractivity contribution in [1.29, 1.82) is 0 Å². The van der Waals surface area contributed by atoms with E-state index in [1.165, 1.54) is 0 Å². The molecule has 0 aliphatic heterocycles. The van der Waals surface area contributed by atoms with Crippen molar-refractivity contribution in [2.45, 2.75) is 19.4 Å². The van der Waals surface area contributed by atoms with Crippen LogP contribution in [-0.2, 0) is 4.79 Å².